The number of fused-ring (bicyclic) bond motifs is 1. The van der Waals surface area contributed by atoms with Gasteiger partial charge in [-0.2, -0.15) is 0 Å². The van der Waals surface area contributed by atoms with Crippen LogP contribution in [0.25, 0.3) is 11.2 Å². The van der Waals surface area contributed by atoms with E-state index >= 15 is 0 Å². The Morgan fingerprint density at radius 2 is 1.84 bits per heavy atom. The van der Waals surface area contributed by atoms with Crippen LogP contribution >= 0.6 is 0 Å². The molecule has 0 unspecified atom stereocenters. The van der Waals surface area contributed by atoms with Crippen LogP contribution in [0.2, 0.25) is 0 Å². The summed E-state index contributed by atoms with van der Waals surface area (Å²) in [6.45, 7) is 1.81. The van der Waals surface area contributed by atoms with Crippen LogP contribution in [0.1, 0.15) is 23.7 Å². The average Bonchev–Trinajstić information content (AvgIpc) is 3.28. The molecule has 162 valence electrons. The van der Waals surface area contributed by atoms with Crippen LogP contribution in [0.15, 0.2) is 61.2 Å². The lowest BCUT2D eigenvalue weighted by atomic mass is 10.1. The number of aromatic amines is 1. The lowest BCUT2D eigenvalue weighted by Crippen LogP contribution is -2.35. The first kappa shape index (κ1) is 20.9. The first-order chi connectivity index (χ1) is 15.6. The molecule has 0 aliphatic carbocycles. The standard InChI is InChI=1S/C22H20FN7O2/c1-2-15(29-20-18-19(25-11-24-18)26-12-27-20)21(31)30-16-10-6-9-14(23)17(16)22(32)28-13-7-4-3-5-8-13/h3-12,15H,2H2,1H3,(H,28,32)(H,30,31)(H2,24,25,26,27,29)/t15-/m0/s1. The van der Waals surface area contributed by atoms with Crippen molar-refractivity contribution in [3.8, 4) is 0 Å². The molecular weight excluding hydrogens is 413 g/mol. The SMILES string of the molecule is CC[C@H](Nc1ncnc2[nH]cnc12)C(=O)Nc1cccc(F)c1C(=O)Nc1ccccc1. The van der Waals surface area contributed by atoms with Crippen LogP contribution < -0.4 is 16.0 Å². The lowest BCUT2D eigenvalue weighted by Gasteiger charge is -2.19. The number of nitrogens with one attached hydrogen (secondary N) is 4. The van der Waals surface area contributed by atoms with Gasteiger partial charge in [-0.15, -0.1) is 0 Å². The number of carbonyl (C=O) groups excluding carboxylic acids is 2. The van der Waals surface area contributed by atoms with Crippen molar-refractivity contribution in [3.05, 3.63) is 72.6 Å². The molecule has 4 aromatic rings. The summed E-state index contributed by atoms with van der Waals surface area (Å²) < 4.78 is 14.6. The maximum Gasteiger partial charge on any atom is 0.260 e. The molecule has 2 aromatic heterocycles. The monoisotopic (exact) mass is 433 g/mol. The zero-order valence-electron chi connectivity index (χ0n) is 17.1. The molecule has 10 heteroatoms. The number of nitrogens with zero attached hydrogens (tertiary/aromatic N) is 3. The molecule has 9 nitrogen and oxygen atoms in total. The fraction of sp³-hybridized carbons (Fsp3) is 0.136. The van der Waals surface area contributed by atoms with Crippen molar-refractivity contribution in [2.75, 3.05) is 16.0 Å². The number of amides is 2. The van der Waals surface area contributed by atoms with Gasteiger partial charge < -0.3 is 20.9 Å². The number of rotatable bonds is 7. The zero-order valence-corrected chi connectivity index (χ0v) is 17.1. The van der Waals surface area contributed by atoms with Crippen LogP contribution in [0.3, 0.4) is 0 Å². The van der Waals surface area contributed by atoms with Crippen LogP contribution in [-0.2, 0) is 4.79 Å². The van der Waals surface area contributed by atoms with Gasteiger partial charge in [-0.25, -0.2) is 19.3 Å². The largest absolute Gasteiger partial charge is 0.356 e. The number of carbonyl (C=O) groups is 2. The van der Waals surface area contributed by atoms with Gasteiger partial charge in [0.25, 0.3) is 5.91 Å². The fourth-order valence-electron chi connectivity index (χ4n) is 3.18. The summed E-state index contributed by atoms with van der Waals surface area (Å²) in [4.78, 5) is 41.0. The lowest BCUT2D eigenvalue weighted by molar-refractivity contribution is -0.117. The van der Waals surface area contributed by atoms with Gasteiger partial charge >= 0.3 is 0 Å². The molecule has 0 saturated carbocycles. The van der Waals surface area contributed by atoms with Crippen LogP contribution in [0.5, 0.6) is 0 Å². The summed E-state index contributed by atoms with van der Waals surface area (Å²) in [7, 11) is 0. The number of anilines is 3. The van der Waals surface area contributed by atoms with E-state index in [1.165, 1.54) is 30.9 Å². The Bertz CT molecular complexity index is 1260. The number of hydrogen-bond donors (Lipinski definition) is 4. The summed E-state index contributed by atoms with van der Waals surface area (Å²) >= 11 is 0. The van der Waals surface area contributed by atoms with Gasteiger partial charge in [-0.3, -0.25) is 9.59 Å². The van der Waals surface area contributed by atoms with E-state index in [1.807, 2.05) is 6.92 Å². The molecule has 0 saturated heterocycles. The predicted molar refractivity (Wildman–Crippen MR) is 119 cm³/mol. The summed E-state index contributed by atoms with van der Waals surface area (Å²) in [5.74, 6) is -1.47. The minimum Gasteiger partial charge on any atom is -0.356 e. The first-order valence-electron chi connectivity index (χ1n) is 9.93. The van der Waals surface area contributed by atoms with Crippen molar-refractivity contribution >= 4 is 40.2 Å². The van der Waals surface area contributed by atoms with Crippen LogP contribution in [0, 0.1) is 5.82 Å². The average molecular weight is 433 g/mol. The van der Waals surface area contributed by atoms with E-state index in [4.69, 9.17) is 0 Å². The van der Waals surface area contributed by atoms with Crippen molar-refractivity contribution in [1.82, 2.24) is 19.9 Å². The smallest absolute Gasteiger partial charge is 0.260 e. The van der Waals surface area contributed by atoms with E-state index in [0.717, 1.165) is 0 Å². The van der Waals surface area contributed by atoms with E-state index in [0.29, 0.717) is 29.1 Å². The third-order valence-electron chi connectivity index (χ3n) is 4.78. The number of hydrogen-bond acceptors (Lipinski definition) is 6. The Morgan fingerprint density at radius 1 is 1.03 bits per heavy atom. The van der Waals surface area contributed by atoms with Crippen molar-refractivity contribution in [2.45, 2.75) is 19.4 Å². The summed E-state index contributed by atoms with van der Waals surface area (Å²) in [6.07, 6.45) is 3.24. The molecule has 2 amide bonds. The molecule has 0 bridgehead atoms. The molecule has 2 aromatic carbocycles. The number of aromatic nitrogens is 4. The summed E-state index contributed by atoms with van der Waals surface area (Å²) in [6, 6.07) is 12.0. The van der Waals surface area contributed by atoms with Gasteiger partial charge in [0.1, 0.15) is 23.7 Å². The van der Waals surface area contributed by atoms with Crippen molar-refractivity contribution in [3.63, 3.8) is 0 Å². The Labute approximate surface area is 182 Å². The number of H-pyrrole nitrogens is 1. The van der Waals surface area contributed by atoms with Crippen LogP contribution in [0.4, 0.5) is 21.6 Å². The third-order valence-corrected chi connectivity index (χ3v) is 4.78. The second-order valence-electron chi connectivity index (χ2n) is 6.90. The highest BCUT2D eigenvalue weighted by Gasteiger charge is 2.23. The molecular formula is C22H20FN7O2. The van der Waals surface area contributed by atoms with Gasteiger partial charge in [0.2, 0.25) is 5.91 Å². The van der Waals surface area contributed by atoms with E-state index in [2.05, 4.69) is 35.9 Å². The van der Waals surface area contributed by atoms with Gasteiger partial charge in [-0.05, 0) is 30.7 Å². The summed E-state index contributed by atoms with van der Waals surface area (Å²) in [5.41, 5.74) is 1.35. The Hall–Kier alpha value is -4.34. The fourth-order valence-corrected chi connectivity index (χ4v) is 3.18. The molecule has 1 atom stereocenters. The summed E-state index contributed by atoms with van der Waals surface area (Å²) in [5, 5.41) is 8.34. The number of benzene rings is 2. The quantitative estimate of drug-likeness (QED) is 0.353. The van der Waals surface area contributed by atoms with E-state index in [1.54, 1.807) is 30.3 Å². The maximum absolute atomic E-state index is 14.6. The molecule has 0 aliphatic rings. The van der Waals surface area contributed by atoms with Gasteiger partial charge in [0.15, 0.2) is 11.5 Å². The highest BCUT2D eigenvalue weighted by Crippen LogP contribution is 2.22. The second kappa shape index (κ2) is 9.21. The molecule has 4 rings (SSSR count). The van der Waals surface area contributed by atoms with E-state index in [-0.39, 0.29) is 11.3 Å². The molecule has 0 spiro atoms. The number of halogens is 1. The van der Waals surface area contributed by atoms with Crippen LogP contribution in [-0.4, -0.2) is 37.8 Å². The molecule has 32 heavy (non-hydrogen) atoms. The first-order valence-corrected chi connectivity index (χ1v) is 9.93. The topological polar surface area (TPSA) is 125 Å². The van der Waals surface area contributed by atoms with Crippen molar-refractivity contribution < 1.29 is 14.0 Å². The predicted octanol–water partition coefficient (Wildman–Crippen LogP) is 3.57. The minimum atomic E-state index is -0.744. The Morgan fingerprint density at radius 3 is 2.62 bits per heavy atom. The zero-order chi connectivity index (χ0) is 22.5. The maximum atomic E-state index is 14.6. The number of para-hydroxylation sites is 1. The molecule has 0 radical (unpaired) electrons. The second-order valence-corrected chi connectivity index (χ2v) is 6.90. The molecule has 0 fully saturated rings. The highest BCUT2D eigenvalue weighted by molar-refractivity contribution is 6.11. The Balaban J connectivity index is 1.55. The van der Waals surface area contributed by atoms with Gasteiger partial charge in [-0.1, -0.05) is 31.2 Å². The van der Waals surface area contributed by atoms with E-state index in [9.17, 15) is 14.0 Å². The minimum absolute atomic E-state index is 0.0660. The van der Waals surface area contributed by atoms with Crippen molar-refractivity contribution in [1.29, 1.82) is 0 Å². The van der Waals surface area contributed by atoms with Crippen molar-refractivity contribution in [2.24, 2.45) is 0 Å². The third kappa shape index (κ3) is 4.38. The normalized spacial score (nSPS) is 11.7. The Kier molecular flexibility index (Phi) is 6.02. The molecule has 4 N–H and O–H groups in total. The highest BCUT2D eigenvalue weighted by atomic mass is 19.1. The van der Waals surface area contributed by atoms with E-state index < -0.39 is 23.7 Å². The van der Waals surface area contributed by atoms with Gasteiger partial charge in [0, 0.05) is 5.69 Å². The number of imidazole rings is 1. The van der Waals surface area contributed by atoms with Gasteiger partial charge in [0.05, 0.1) is 17.6 Å². The molecule has 2 heterocycles. The molecule has 0 aliphatic heterocycles.